The van der Waals surface area contributed by atoms with E-state index < -0.39 is 0 Å². The molecular formula is C25H35N5S. The highest BCUT2D eigenvalue weighted by molar-refractivity contribution is 7.09. The van der Waals surface area contributed by atoms with E-state index in [1.165, 1.54) is 34.7 Å². The molecular weight excluding hydrogens is 402 g/mol. The Morgan fingerprint density at radius 1 is 1.19 bits per heavy atom. The van der Waals surface area contributed by atoms with E-state index in [1.807, 2.05) is 7.05 Å². The third-order valence-corrected chi connectivity index (χ3v) is 7.45. The van der Waals surface area contributed by atoms with E-state index in [-0.39, 0.29) is 0 Å². The zero-order valence-corrected chi connectivity index (χ0v) is 19.7. The predicted octanol–water partition coefficient (Wildman–Crippen LogP) is 4.28. The van der Waals surface area contributed by atoms with Gasteiger partial charge in [0.1, 0.15) is 0 Å². The first kappa shape index (κ1) is 22.0. The fraction of sp³-hybridized carbons (Fsp3) is 0.520. The van der Waals surface area contributed by atoms with E-state index >= 15 is 0 Å². The fourth-order valence-corrected chi connectivity index (χ4v) is 5.24. The molecule has 0 amide bonds. The number of likely N-dealkylation sites (tertiary alicyclic amines) is 1. The van der Waals surface area contributed by atoms with E-state index in [2.05, 4.69) is 68.8 Å². The lowest BCUT2D eigenvalue weighted by Gasteiger charge is -2.34. The number of nitrogens with zero attached hydrogens (tertiary/aromatic N) is 4. The van der Waals surface area contributed by atoms with Gasteiger partial charge in [-0.2, -0.15) is 0 Å². The third kappa shape index (κ3) is 5.95. The Bertz CT molecular complexity index is 880. The summed E-state index contributed by atoms with van der Waals surface area (Å²) in [6.45, 7) is 8.47. The molecule has 6 heteroatoms. The summed E-state index contributed by atoms with van der Waals surface area (Å²) in [5.74, 6) is 1.76. The van der Waals surface area contributed by atoms with Crippen LogP contribution in [0, 0.1) is 5.92 Å². The number of thiazole rings is 1. The van der Waals surface area contributed by atoms with E-state index in [1.54, 1.807) is 11.3 Å². The summed E-state index contributed by atoms with van der Waals surface area (Å²) in [5, 5.41) is 7.14. The van der Waals surface area contributed by atoms with Crippen LogP contribution in [-0.2, 0) is 13.0 Å². The lowest BCUT2D eigenvalue weighted by atomic mass is 9.96. The topological polar surface area (TPSA) is 43.8 Å². The van der Waals surface area contributed by atoms with Crippen molar-refractivity contribution in [2.45, 2.75) is 39.2 Å². The van der Waals surface area contributed by atoms with Crippen LogP contribution >= 0.6 is 11.3 Å². The van der Waals surface area contributed by atoms with E-state index in [4.69, 9.17) is 4.98 Å². The van der Waals surface area contributed by atoms with E-state index in [9.17, 15) is 0 Å². The van der Waals surface area contributed by atoms with Crippen molar-refractivity contribution in [1.82, 2.24) is 20.1 Å². The van der Waals surface area contributed by atoms with E-state index in [0.717, 1.165) is 64.0 Å². The molecule has 5 nitrogen and oxygen atoms in total. The van der Waals surface area contributed by atoms with E-state index in [0.29, 0.717) is 0 Å². The number of aromatic nitrogens is 1. The smallest absolute Gasteiger partial charge is 0.193 e. The van der Waals surface area contributed by atoms with Gasteiger partial charge in [-0.3, -0.25) is 9.89 Å². The lowest BCUT2D eigenvalue weighted by molar-refractivity contribution is 0.176. The number of benzene rings is 1. The van der Waals surface area contributed by atoms with Crippen molar-refractivity contribution in [3.8, 4) is 0 Å². The van der Waals surface area contributed by atoms with Crippen LogP contribution in [0.2, 0.25) is 0 Å². The average Bonchev–Trinajstić information content (AvgIpc) is 3.29. The Kier molecular flexibility index (Phi) is 7.76. The quantitative estimate of drug-likeness (QED) is 0.541. The number of hydrogen-bond donors (Lipinski definition) is 1. The molecule has 1 aromatic carbocycles. The lowest BCUT2D eigenvalue weighted by Crippen LogP contribution is -2.46. The number of aliphatic imine (C=N–C) groups is 1. The second-order valence-electron chi connectivity index (χ2n) is 8.53. The minimum atomic E-state index is 0.717. The molecule has 1 fully saturated rings. The van der Waals surface area contributed by atoms with Crippen LogP contribution in [0.5, 0.6) is 0 Å². The highest BCUT2D eigenvalue weighted by atomic mass is 32.1. The van der Waals surface area contributed by atoms with Crippen molar-refractivity contribution >= 4 is 22.9 Å². The molecule has 1 N–H and O–H groups in total. The van der Waals surface area contributed by atoms with Crippen molar-refractivity contribution < 1.29 is 0 Å². The maximum Gasteiger partial charge on any atom is 0.193 e. The first-order chi connectivity index (χ1) is 15.2. The fourth-order valence-electron chi connectivity index (χ4n) is 4.51. The molecule has 0 bridgehead atoms. The zero-order chi connectivity index (χ0) is 21.5. The van der Waals surface area contributed by atoms with Gasteiger partial charge in [0.15, 0.2) is 5.96 Å². The number of piperidine rings is 1. The molecule has 0 atom stereocenters. The molecule has 2 aliphatic rings. The normalized spacial score (nSPS) is 18.8. The third-order valence-electron chi connectivity index (χ3n) is 6.41. The summed E-state index contributed by atoms with van der Waals surface area (Å²) in [7, 11) is 1.90. The molecule has 1 saturated heterocycles. The minimum absolute atomic E-state index is 0.717. The summed E-state index contributed by atoms with van der Waals surface area (Å²) in [5.41, 5.74) is 4.04. The summed E-state index contributed by atoms with van der Waals surface area (Å²) in [6.07, 6.45) is 6.95. The average molecular weight is 438 g/mol. The Hall–Kier alpha value is -2.18. The number of aryl methyl sites for hydroxylation is 1. The highest BCUT2D eigenvalue weighted by Crippen LogP contribution is 2.23. The van der Waals surface area contributed by atoms with Crippen molar-refractivity contribution in [3.63, 3.8) is 0 Å². The summed E-state index contributed by atoms with van der Waals surface area (Å²) < 4.78 is 0. The van der Waals surface area contributed by atoms with Crippen LogP contribution in [0.1, 0.15) is 42.5 Å². The zero-order valence-electron chi connectivity index (χ0n) is 18.9. The van der Waals surface area contributed by atoms with Gasteiger partial charge in [0.25, 0.3) is 0 Å². The maximum atomic E-state index is 4.73. The summed E-state index contributed by atoms with van der Waals surface area (Å²) in [6, 6.07) is 10.7. The van der Waals surface area contributed by atoms with Crippen molar-refractivity contribution in [3.05, 3.63) is 58.1 Å². The van der Waals surface area contributed by atoms with Crippen LogP contribution in [0.15, 0.2) is 46.8 Å². The van der Waals surface area contributed by atoms with Gasteiger partial charge >= 0.3 is 0 Å². The Labute approximate surface area is 190 Å². The van der Waals surface area contributed by atoms with Crippen molar-refractivity contribution in [2.24, 2.45) is 10.9 Å². The molecule has 0 radical (unpaired) electrons. The van der Waals surface area contributed by atoms with Gasteiger partial charge in [-0.1, -0.05) is 43.3 Å². The van der Waals surface area contributed by atoms with Crippen LogP contribution in [0.4, 0.5) is 0 Å². The molecule has 31 heavy (non-hydrogen) atoms. The molecule has 0 spiro atoms. The Morgan fingerprint density at radius 2 is 2.00 bits per heavy atom. The van der Waals surface area contributed by atoms with Gasteiger partial charge in [0.05, 0.1) is 10.7 Å². The van der Waals surface area contributed by atoms with Crippen molar-refractivity contribution in [1.29, 1.82) is 0 Å². The molecule has 0 aliphatic carbocycles. The summed E-state index contributed by atoms with van der Waals surface area (Å²) >= 11 is 1.80. The first-order valence-corrected chi connectivity index (χ1v) is 12.5. The number of rotatable bonds is 6. The monoisotopic (exact) mass is 437 g/mol. The highest BCUT2D eigenvalue weighted by Gasteiger charge is 2.22. The van der Waals surface area contributed by atoms with Gasteiger partial charge < -0.3 is 10.2 Å². The molecule has 166 valence electrons. The SMILES string of the molecule is CCc1nc(CN2CCC(CNC(=NC)N3CC=C(c4ccccc4)CC3)CC2)cs1. The molecule has 0 unspecified atom stereocenters. The molecule has 1 aromatic heterocycles. The second kappa shape index (κ2) is 10.9. The number of guanidine groups is 1. The molecule has 2 aromatic rings. The van der Waals surface area contributed by atoms with Gasteiger partial charge in [0.2, 0.25) is 0 Å². The molecule has 0 saturated carbocycles. The Morgan fingerprint density at radius 3 is 2.65 bits per heavy atom. The van der Waals surface area contributed by atoms with Crippen LogP contribution < -0.4 is 5.32 Å². The van der Waals surface area contributed by atoms with Crippen LogP contribution in [0.3, 0.4) is 0 Å². The van der Waals surface area contributed by atoms with Crippen LogP contribution in [-0.4, -0.2) is 60.5 Å². The largest absolute Gasteiger partial charge is 0.356 e. The maximum absolute atomic E-state index is 4.73. The first-order valence-electron chi connectivity index (χ1n) is 11.6. The molecule has 2 aliphatic heterocycles. The molecule has 4 rings (SSSR count). The number of nitrogens with one attached hydrogen (secondary N) is 1. The molecule has 3 heterocycles. The Balaban J connectivity index is 1.21. The number of hydrogen-bond acceptors (Lipinski definition) is 4. The van der Waals surface area contributed by atoms with Gasteiger partial charge in [0, 0.05) is 38.6 Å². The summed E-state index contributed by atoms with van der Waals surface area (Å²) in [4.78, 5) is 14.2. The van der Waals surface area contributed by atoms with Crippen LogP contribution in [0.25, 0.3) is 5.57 Å². The minimum Gasteiger partial charge on any atom is -0.356 e. The van der Waals surface area contributed by atoms with Crippen molar-refractivity contribution in [2.75, 3.05) is 39.8 Å². The van der Waals surface area contributed by atoms with Gasteiger partial charge in [-0.25, -0.2) is 4.98 Å². The standard InChI is InChI=1S/C25H35N5S/c1-3-24-28-23(19-31-24)18-29-13-9-20(10-14-29)17-27-25(26-2)30-15-11-22(12-16-30)21-7-5-4-6-8-21/h4-8,11,19-20H,3,9-10,12-18H2,1-2H3,(H,26,27). The predicted molar refractivity (Wildman–Crippen MR) is 131 cm³/mol. The van der Waals surface area contributed by atoms with Gasteiger partial charge in [-0.05, 0) is 55.8 Å². The second-order valence-corrected chi connectivity index (χ2v) is 9.47. The van der Waals surface area contributed by atoms with Gasteiger partial charge in [-0.15, -0.1) is 11.3 Å².